The lowest BCUT2D eigenvalue weighted by molar-refractivity contribution is -0.142. The lowest BCUT2D eigenvalue weighted by Gasteiger charge is -2.37. The summed E-state index contributed by atoms with van der Waals surface area (Å²) in [4.78, 5) is 18.7. The van der Waals surface area contributed by atoms with Crippen LogP contribution in [0.25, 0.3) is 11.1 Å². The van der Waals surface area contributed by atoms with Crippen molar-refractivity contribution in [3.8, 4) is 16.9 Å². The molecule has 0 amide bonds. The lowest BCUT2D eigenvalue weighted by atomic mass is 9.82. The minimum Gasteiger partial charge on any atom is -0.485 e. The molecule has 5 nitrogen and oxygen atoms in total. The molecule has 3 atom stereocenters. The van der Waals surface area contributed by atoms with E-state index < -0.39 is 11.9 Å². The highest BCUT2D eigenvalue weighted by Crippen LogP contribution is 2.50. The first-order valence-electron chi connectivity index (χ1n) is 15.8. The fraction of sp³-hybridized carbons (Fsp3) is 0.500. The first kappa shape index (κ1) is 27.6. The van der Waals surface area contributed by atoms with Gasteiger partial charge in [0.25, 0.3) is 0 Å². The lowest BCUT2D eigenvalue weighted by Crippen LogP contribution is -2.40. The highest BCUT2D eigenvalue weighted by molar-refractivity contribution is 5.71. The number of carbonyl (C=O) groups is 1. The van der Waals surface area contributed by atoms with Gasteiger partial charge in [-0.3, -0.25) is 14.7 Å². The van der Waals surface area contributed by atoms with Gasteiger partial charge >= 0.3 is 5.97 Å². The predicted octanol–water partition coefficient (Wildman–Crippen LogP) is 8.00. The van der Waals surface area contributed by atoms with Crippen molar-refractivity contribution in [1.29, 1.82) is 0 Å². The molecule has 2 aliphatic carbocycles. The van der Waals surface area contributed by atoms with Gasteiger partial charge in [0.1, 0.15) is 17.7 Å². The summed E-state index contributed by atoms with van der Waals surface area (Å²) in [5, 5.41) is 9.77. The number of fused-ring (bicyclic) bond motifs is 1. The van der Waals surface area contributed by atoms with Crippen LogP contribution in [0.1, 0.15) is 98.3 Å². The molecule has 4 aliphatic rings. The molecule has 1 saturated heterocycles. The van der Waals surface area contributed by atoms with Crippen LogP contribution in [0.5, 0.6) is 5.75 Å². The molecule has 7 rings (SSSR count). The molecule has 42 heavy (non-hydrogen) atoms. The number of ether oxygens (including phenoxy) is 1. The third kappa shape index (κ3) is 5.23. The number of carboxylic acids is 1. The van der Waals surface area contributed by atoms with E-state index in [-0.39, 0.29) is 17.8 Å². The van der Waals surface area contributed by atoms with Crippen LogP contribution < -0.4 is 4.74 Å². The Balaban J connectivity index is 1.21. The molecule has 2 aliphatic heterocycles. The van der Waals surface area contributed by atoms with E-state index in [9.17, 15) is 9.90 Å². The molecule has 1 spiro atoms. The molecule has 3 aromatic rings. The number of aryl methyl sites for hydroxylation is 2. The number of nitrogens with zero attached hydrogens (tertiary/aromatic N) is 2. The van der Waals surface area contributed by atoms with E-state index in [0.717, 1.165) is 72.5 Å². The number of carboxylic acid groups (broad SMARTS) is 1. The van der Waals surface area contributed by atoms with Gasteiger partial charge < -0.3 is 9.84 Å². The second-order valence-corrected chi connectivity index (χ2v) is 13.3. The number of halogens is 1. The molecule has 3 heterocycles. The number of aliphatic carboxylic acids is 1. The van der Waals surface area contributed by atoms with Crippen LogP contribution in [-0.4, -0.2) is 33.0 Å². The minimum atomic E-state index is -0.737. The zero-order valence-electron chi connectivity index (χ0n) is 24.7. The summed E-state index contributed by atoms with van der Waals surface area (Å²) in [5.41, 5.74) is 7.23. The van der Waals surface area contributed by atoms with Crippen LogP contribution in [0.4, 0.5) is 4.39 Å². The number of aromatic nitrogens is 1. The van der Waals surface area contributed by atoms with Gasteiger partial charge in [0, 0.05) is 23.3 Å². The van der Waals surface area contributed by atoms with Gasteiger partial charge in [-0.25, -0.2) is 4.39 Å². The number of pyridine rings is 1. The number of likely N-dealkylation sites (tertiary alicyclic amines) is 1. The molecular weight excluding hydrogens is 527 g/mol. The summed E-state index contributed by atoms with van der Waals surface area (Å²) in [6.45, 7) is 5.65. The Labute approximate surface area is 248 Å². The SMILES string of the molecule is Cc1cc(-c2ccc([C@@H]3CCc4ccc([C@H](C5CC5)[C@H](C)C(=O)O)cc4O3)cc2CN2CCCCC23CC3)c(F)cn1. The molecule has 0 bridgehead atoms. The Morgan fingerprint density at radius 3 is 2.69 bits per heavy atom. The Morgan fingerprint density at radius 2 is 1.93 bits per heavy atom. The van der Waals surface area contributed by atoms with Gasteiger partial charge in [-0.15, -0.1) is 0 Å². The molecule has 220 valence electrons. The normalized spacial score (nSPS) is 22.7. The Bertz CT molecular complexity index is 1510. The molecule has 2 saturated carbocycles. The van der Waals surface area contributed by atoms with Crippen LogP contribution in [0.15, 0.2) is 48.7 Å². The molecule has 3 fully saturated rings. The summed E-state index contributed by atoms with van der Waals surface area (Å²) < 4.78 is 21.8. The molecule has 1 aromatic heterocycles. The maximum atomic E-state index is 15.1. The van der Waals surface area contributed by atoms with Crippen LogP contribution >= 0.6 is 0 Å². The van der Waals surface area contributed by atoms with E-state index in [2.05, 4.69) is 46.3 Å². The third-order valence-electron chi connectivity index (χ3n) is 10.4. The minimum absolute atomic E-state index is 0.0145. The molecule has 1 N–H and O–H groups in total. The average molecular weight is 569 g/mol. The molecule has 0 radical (unpaired) electrons. The van der Waals surface area contributed by atoms with E-state index >= 15 is 4.39 Å². The first-order chi connectivity index (χ1) is 20.3. The molecule has 6 heteroatoms. The van der Waals surface area contributed by atoms with Crippen LogP contribution in [0.2, 0.25) is 0 Å². The Kier molecular flexibility index (Phi) is 7.08. The summed E-state index contributed by atoms with van der Waals surface area (Å²) in [6.07, 6.45) is 11.5. The smallest absolute Gasteiger partial charge is 0.306 e. The van der Waals surface area contributed by atoms with Crippen molar-refractivity contribution >= 4 is 5.97 Å². The Morgan fingerprint density at radius 1 is 1.10 bits per heavy atom. The molecule has 2 aromatic carbocycles. The summed E-state index contributed by atoms with van der Waals surface area (Å²) in [7, 11) is 0. The van der Waals surface area contributed by atoms with Crippen molar-refractivity contribution in [3.63, 3.8) is 0 Å². The summed E-state index contributed by atoms with van der Waals surface area (Å²) >= 11 is 0. The summed E-state index contributed by atoms with van der Waals surface area (Å²) in [6, 6.07) is 14.7. The van der Waals surface area contributed by atoms with E-state index in [0.29, 0.717) is 17.0 Å². The first-order valence-corrected chi connectivity index (χ1v) is 15.8. The number of hydrogen-bond acceptors (Lipinski definition) is 4. The van der Waals surface area contributed by atoms with Crippen LogP contribution in [-0.2, 0) is 17.8 Å². The average Bonchev–Trinajstić information content (AvgIpc) is 3.93. The van der Waals surface area contributed by atoms with E-state index in [1.165, 1.54) is 43.9 Å². The second kappa shape index (κ2) is 10.8. The quantitative estimate of drug-likeness (QED) is 0.298. The number of rotatable bonds is 8. The van der Waals surface area contributed by atoms with Crippen LogP contribution in [0.3, 0.4) is 0 Å². The topological polar surface area (TPSA) is 62.7 Å². The zero-order valence-corrected chi connectivity index (χ0v) is 24.7. The molecular formula is C36H41FN2O3. The highest BCUT2D eigenvalue weighted by atomic mass is 19.1. The number of hydrogen-bond donors (Lipinski definition) is 1. The van der Waals surface area contributed by atoms with E-state index in [1.54, 1.807) is 0 Å². The van der Waals surface area contributed by atoms with Gasteiger partial charge in [-0.1, -0.05) is 43.7 Å². The van der Waals surface area contributed by atoms with Gasteiger partial charge in [0.05, 0.1) is 12.1 Å². The van der Waals surface area contributed by atoms with E-state index in [1.807, 2.05) is 19.9 Å². The largest absolute Gasteiger partial charge is 0.485 e. The van der Waals surface area contributed by atoms with Gasteiger partial charge in [0.15, 0.2) is 0 Å². The second-order valence-electron chi connectivity index (χ2n) is 13.3. The number of benzene rings is 2. The fourth-order valence-electron chi connectivity index (χ4n) is 7.68. The highest BCUT2D eigenvalue weighted by Gasteiger charge is 2.48. The molecule has 0 unspecified atom stereocenters. The Hall–Kier alpha value is -3.25. The van der Waals surface area contributed by atoms with Crippen molar-refractivity contribution in [2.45, 2.75) is 95.7 Å². The zero-order chi connectivity index (χ0) is 29.0. The van der Waals surface area contributed by atoms with Crippen molar-refractivity contribution < 1.29 is 19.0 Å². The standard InChI is InChI=1S/C36H41FN2O3/c1-22-17-30(31(37)20-38-22)29-11-9-26(18-28(29)21-39-16-4-3-13-36(39)14-15-36)32-12-10-24-5-8-27(19-33(24)42-32)34(25-6-7-25)23(2)35(40)41/h5,8-9,11,17-20,23,25,32,34H,3-4,6-7,10,12-16,21H2,1-2H3,(H,40,41)/t23-,32-,34-/m0/s1. The van der Waals surface area contributed by atoms with Crippen LogP contribution in [0, 0.1) is 24.6 Å². The maximum absolute atomic E-state index is 15.1. The van der Waals surface area contributed by atoms with Gasteiger partial charge in [0.2, 0.25) is 0 Å². The van der Waals surface area contributed by atoms with Gasteiger partial charge in [-0.05, 0) is 117 Å². The van der Waals surface area contributed by atoms with Crippen molar-refractivity contribution in [1.82, 2.24) is 9.88 Å². The van der Waals surface area contributed by atoms with Crippen molar-refractivity contribution in [2.75, 3.05) is 6.54 Å². The fourth-order valence-corrected chi connectivity index (χ4v) is 7.68. The van der Waals surface area contributed by atoms with Crippen molar-refractivity contribution in [3.05, 3.63) is 82.4 Å². The monoisotopic (exact) mass is 568 g/mol. The van der Waals surface area contributed by atoms with Crippen molar-refractivity contribution in [2.24, 2.45) is 11.8 Å². The predicted molar refractivity (Wildman–Crippen MR) is 161 cm³/mol. The third-order valence-corrected chi connectivity index (χ3v) is 10.4. The summed E-state index contributed by atoms with van der Waals surface area (Å²) in [5.74, 6) is -0.122. The van der Waals surface area contributed by atoms with E-state index in [4.69, 9.17) is 4.74 Å². The number of piperidine rings is 1. The van der Waals surface area contributed by atoms with Gasteiger partial charge in [-0.2, -0.15) is 0 Å². The maximum Gasteiger partial charge on any atom is 0.306 e.